The van der Waals surface area contributed by atoms with Crippen molar-refractivity contribution < 1.29 is 23.1 Å². The molecule has 0 amide bonds. The maximum absolute atomic E-state index is 11.7. The third kappa shape index (κ3) is 6.02. The van der Waals surface area contributed by atoms with E-state index in [-0.39, 0.29) is 11.4 Å². The predicted octanol–water partition coefficient (Wildman–Crippen LogP) is 1.44. The van der Waals surface area contributed by atoms with E-state index < -0.39 is 11.8 Å². The Hall–Kier alpha value is -1.61. The Morgan fingerprint density at radius 3 is 2.50 bits per heavy atom. The Labute approximate surface area is 142 Å². The second-order valence-electron chi connectivity index (χ2n) is 3.96. The van der Waals surface area contributed by atoms with Gasteiger partial charge in [-0.3, -0.25) is 0 Å². The van der Waals surface area contributed by atoms with E-state index in [1.54, 1.807) is 26.0 Å². The summed E-state index contributed by atoms with van der Waals surface area (Å²) in [6.07, 6.45) is 6.16. The van der Waals surface area contributed by atoms with Gasteiger partial charge >= 0.3 is 33.2 Å². The van der Waals surface area contributed by atoms with Gasteiger partial charge in [0, 0.05) is 11.8 Å². The molecule has 0 aromatic carbocycles. The fourth-order valence-electron chi connectivity index (χ4n) is 1.43. The number of allylic oxidation sites excluding steroid dienone is 5. The molecule has 2 bridgehead atoms. The van der Waals surface area contributed by atoms with Crippen LogP contribution in [0.15, 0.2) is 67.7 Å². The summed E-state index contributed by atoms with van der Waals surface area (Å²) in [5.41, 5.74) is 1.32. The van der Waals surface area contributed by atoms with Crippen LogP contribution < -0.4 is 15.5 Å². The van der Waals surface area contributed by atoms with Gasteiger partial charge in [0.2, 0.25) is 0 Å². The summed E-state index contributed by atoms with van der Waals surface area (Å²) in [5.74, 6) is -1.12. The second kappa shape index (κ2) is 9.41. The monoisotopic (exact) mass is 386 g/mol. The van der Waals surface area contributed by atoms with Crippen molar-refractivity contribution in [2.24, 2.45) is 20.4 Å². The number of dihydropyridines is 1. The van der Waals surface area contributed by atoms with Gasteiger partial charge < -0.3 is 15.5 Å². The third-order valence-corrected chi connectivity index (χ3v) is 2.27. The zero-order chi connectivity index (χ0) is 16.5. The Morgan fingerprint density at radius 1 is 1.14 bits per heavy atom. The number of hydrogen-bond donors (Lipinski definition) is 1. The summed E-state index contributed by atoms with van der Waals surface area (Å²) in [5, 5.41) is 40.8. The van der Waals surface area contributed by atoms with Crippen LogP contribution in [0.3, 0.4) is 0 Å². The molecular formula is C12H11Cl2CoN5O2-. The number of azo groups is 1. The van der Waals surface area contributed by atoms with Crippen molar-refractivity contribution in [1.29, 1.82) is 0 Å². The van der Waals surface area contributed by atoms with Gasteiger partial charge in [-0.25, -0.2) is 0 Å². The zero-order valence-electron chi connectivity index (χ0n) is 11.5. The molecule has 0 spiro atoms. The van der Waals surface area contributed by atoms with Crippen LogP contribution in [0, 0.1) is 0 Å². The topological polar surface area (TPSA) is 108 Å². The van der Waals surface area contributed by atoms with Crippen LogP contribution in [0.25, 0.3) is 0 Å². The summed E-state index contributed by atoms with van der Waals surface area (Å²) in [7, 11) is 9.47. The van der Waals surface area contributed by atoms with E-state index in [9.17, 15) is 10.2 Å². The second-order valence-corrected chi connectivity index (χ2v) is 5.68. The molecule has 2 heterocycles. The van der Waals surface area contributed by atoms with Gasteiger partial charge in [0.05, 0.1) is 22.8 Å². The molecule has 0 unspecified atom stereocenters. The van der Waals surface area contributed by atoms with Crippen molar-refractivity contribution in [2.45, 2.75) is 13.8 Å². The van der Waals surface area contributed by atoms with Crippen LogP contribution in [0.2, 0.25) is 0 Å². The van der Waals surface area contributed by atoms with Crippen LogP contribution in [0.5, 0.6) is 0 Å². The van der Waals surface area contributed by atoms with Crippen LogP contribution >= 0.6 is 20.3 Å². The minimum atomic E-state index is -0.558. The maximum atomic E-state index is 11.7. The molecule has 0 aromatic rings. The number of halogens is 2. The normalized spacial score (nSPS) is 17.8. The molecule has 7 nitrogen and oxygen atoms in total. The summed E-state index contributed by atoms with van der Waals surface area (Å²) < 4.78 is 0. The Morgan fingerprint density at radius 2 is 1.82 bits per heavy atom. The first-order valence-corrected chi connectivity index (χ1v) is 8.64. The van der Waals surface area contributed by atoms with E-state index in [1.165, 1.54) is 12.2 Å². The van der Waals surface area contributed by atoms with Crippen molar-refractivity contribution in [3.05, 3.63) is 47.3 Å². The first kappa shape index (κ1) is 18.4. The van der Waals surface area contributed by atoms with E-state index in [0.717, 1.165) is 0 Å². The van der Waals surface area contributed by atoms with E-state index >= 15 is 0 Å². The van der Waals surface area contributed by atoms with Gasteiger partial charge in [0.15, 0.2) is 0 Å². The molecule has 0 radical (unpaired) electrons. The van der Waals surface area contributed by atoms with Crippen LogP contribution in [-0.2, 0) is 12.9 Å². The van der Waals surface area contributed by atoms with Crippen molar-refractivity contribution >= 4 is 31.9 Å². The molecular weight excluding hydrogens is 376 g/mol. The van der Waals surface area contributed by atoms with Gasteiger partial charge in [-0.15, -0.1) is 0 Å². The first-order chi connectivity index (χ1) is 10.5. The summed E-state index contributed by atoms with van der Waals surface area (Å²) in [6, 6.07) is 0. The minimum absolute atomic E-state index is 0.166. The molecule has 0 saturated carbocycles. The molecule has 0 aliphatic carbocycles. The van der Waals surface area contributed by atoms with Crippen molar-refractivity contribution in [3.63, 3.8) is 0 Å². The number of fused-ring (bicyclic) bond motifs is 2. The Kier molecular flexibility index (Phi) is 7.89. The third-order valence-electron chi connectivity index (χ3n) is 2.27. The molecule has 0 aromatic heterocycles. The average molecular weight is 387 g/mol. The molecule has 2 aliphatic heterocycles. The number of nitrogens with zero attached hydrogens (tertiary/aromatic N) is 4. The Balaban J connectivity index is 0.000000745. The van der Waals surface area contributed by atoms with Crippen LogP contribution in [-0.4, -0.2) is 11.6 Å². The molecule has 10 heteroatoms. The van der Waals surface area contributed by atoms with Crippen molar-refractivity contribution in [3.8, 4) is 0 Å². The number of hydrogen-bond acceptors (Lipinski definition) is 7. The van der Waals surface area contributed by atoms with E-state index in [1.807, 2.05) is 0 Å². The number of nitrogens with one attached hydrogen (secondary N) is 1. The number of rotatable bonds is 0. The molecule has 120 valence electrons. The SMILES string of the molecule is CC1=CC(C)=NN=C([O-])C2=CC=CC(=C([O-])N=N1)N2.[Cl][Co+][Cl]. The fraction of sp³-hybridized carbons (Fsp3) is 0.167. The van der Waals surface area contributed by atoms with Crippen LogP contribution in [0.1, 0.15) is 13.8 Å². The summed E-state index contributed by atoms with van der Waals surface area (Å²) in [6.45, 7) is 3.34. The molecule has 2 rings (SSSR count). The summed E-state index contributed by atoms with van der Waals surface area (Å²) >= 11 is 0.382. The van der Waals surface area contributed by atoms with E-state index in [2.05, 4.69) is 25.7 Å². The van der Waals surface area contributed by atoms with Gasteiger partial charge in [0.1, 0.15) is 0 Å². The van der Waals surface area contributed by atoms with E-state index in [0.29, 0.717) is 24.3 Å². The quantitative estimate of drug-likeness (QED) is 0.680. The van der Waals surface area contributed by atoms with Crippen LogP contribution in [0.4, 0.5) is 0 Å². The molecule has 22 heavy (non-hydrogen) atoms. The average Bonchev–Trinajstić information content (AvgIpc) is 2.50. The van der Waals surface area contributed by atoms with E-state index in [4.69, 9.17) is 20.3 Å². The molecule has 1 N–H and O–H groups in total. The van der Waals surface area contributed by atoms with Gasteiger partial charge in [-0.1, -0.05) is 6.08 Å². The van der Waals surface area contributed by atoms with Crippen molar-refractivity contribution in [2.75, 3.05) is 0 Å². The summed E-state index contributed by atoms with van der Waals surface area (Å²) in [4.78, 5) is 0. The molecule has 2 aliphatic rings. The first-order valence-electron chi connectivity index (χ1n) is 5.78. The van der Waals surface area contributed by atoms with Gasteiger partial charge in [0.25, 0.3) is 0 Å². The zero-order valence-corrected chi connectivity index (χ0v) is 14.1. The van der Waals surface area contributed by atoms with Crippen molar-refractivity contribution in [1.82, 2.24) is 5.32 Å². The predicted molar refractivity (Wildman–Crippen MR) is 78.2 cm³/mol. The van der Waals surface area contributed by atoms with Gasteiger partial charge in [-0.2, -0.15) is 20.4 Å². The molecule has 0 fully saturated rings. The Bertz CT molecular complexity index is 635. The standard InChI is InChI=1S/C12H13N5O2.2ClH.Co/c1-7-6-8(2)15-17-12(19)10-5-3-4-9(13-10)11(18)16-14-7;;;/h3-6,13H,1-2H3,(H,16,18)(H,17,19);2*1H;/q;;;+3/p-4. The molecule has 0 atom stereocenters. The van der Waals surface area contributed by atoms with Gasteiger partial charge in [-0.05, 0) is 32.1 Å². The molecule has 0 saturated heterocycles. The fourth-order valence-corrected chi connectivity index (χ4v) is 1.43.